The third-order valence-corrected chi connectivity index (χ3v) is 8.11. The van der Waals surface area contributed by atoms with Gasteiger partial charge in [-0.15, -0.1) is 0 Å². The highest BCUT2D eigenvalue weighted by molar-refractivity contribution is 5.76. The second-order valence-corrected chi connectivity index (χ2v) is 10.8. The molecule has 0 fully saturated rings. The second kappa shape index (κ2) is 14.5. The molecule has 5 rings (SSSR count). The standard InChI is InChI=1S/C39H44N4/c1-5-41(6-2)36-23-19-32(20-24-36)28-34(27-31-15-11-9-12-16-31)39-30-43(35-17-13-10-14-18-35)29-38(40-39)33-21-25-37(26-22-33)42(7-3)8-4/h9-26,28-30,40H,5-8,27H2,1-4H3/b34-28+. The van der Waals surface area contributed by atoms with Crippen LogP contribution in [0, 0.1) is 0 Å². The number of benzene rings is 4. The first-order valence-electron chi connectivity index (χ1n) is 15.6. The van der Waals surface area contributed by atoms with E-state index in [0.717, 1.165) is 55.2 Å². The Morgan fingerprint density at radius 1 is 0.628 bits per heavy atom. The molecule has 43 heavy (non-hydrogen) atoms. The number of rotatable bonds is 12. The highest BCUT2D eigenvalue weighted by Gasteiger charge is 2.18. The minimum Gasteiger partial charge on any atom is -0.372 e. The number of anilines is 3. The van der Waals surface area contributed by atoms with Crippen LogP contribution in [-0.4, -0.2) is 26.2 Å². The monoisotopic (exact) mass is 568 g/mol. The van der Waals surface area contributed by atoms with Gasteiger partial charge in [0.25, 0.3) is 0 Å². The molecule has 0 atom stereocenters. The number of nitrogens with one attached hydrogen (secondary N) is 1. The van der Waals surface area contributed by atoms with Crippen LogP contribution in [0.5, 0.6) is 0 Å². The van der Waals surface area contributed by atoms with E-state index in [9.17, 15) is 0 Å². The van der Waals surface area contributed by atoms with E-state index in [1.54, 1.807) is 0 Å². The zero-order chi connectivity index (χ0) is 30.0. The molecule has 4 aromatic carbocycles. The molecule has 0 radical (unpaired) electrons. The molecule has 1 N–H and O–H groups in total. The fourth-order valence-electron chi connectivity index (χ4n) is 5.64. The first-order chi connectivity index (χ1) is 21.1. The van der Waals surface area contributed by atoms with Crippen LogP contribution in [0.1, 0.15) is 44.4 Å². The van der Waals surface area contributed by atoms with E-state index in [4.69, 9.17) is 0 Å². The van der Waals surface area contributed by atoms with Gasteiger partial charge in [-0.25, -0.2) is 0 Å². The third-order valence-electron chi connectivity index (χ3n) is 8.11. The highest BCUT2D eigenvalue weighted by Crippen LogP contribution is 2.30. The van der Waals surface area contributed by atoms with Crippen molar-refractivity contribution in [1.29, 1.82) is 0 Å². The van der Waals surface area contributed by atoms with Crippen molar-refractivity contribution in [2.24, 2.45) is 0 Å². The Hall–Kier alpha value is -4.70. The lowest BCUT2D eigenvalue weighted by molar-refractivity contribution is 0.866. The Morgan fingerprint density at radius 3 is 1.72 bits per heavy atom. The van der Waals surface area contributed by atoms with Crippen LogP contribution in [0.25, 0.3) is 11.8 Å². The topological polar surface area (TPSA) is 21.8 Å². The summed E-state index contributed by atoms with van der Waals surface area (Å²) in [6.07, 6.45) is 7.56. The molecule has 4 nitrogen and oxygen atoms in total. The maximum absolute atomic E-state index is 3.83. The van der Waals surface area contributed by atoms with Crippen molar-refractivity contribution in [2.75, 3.05) is 40.9 Å². The van der Waals surface area contributed by atoms with Crippen LogP contribution in [0.4, 0.5) is 17.1 Å². The molecule has 1 heterocycles. The molecular formula is C39H44N4. The molecule has 0 aliphatic carbocycles. The molecule has 1 aliphatic rings. The smallest absolute Gasteiger partial charge is 0.0627 e. The summed E-state index contributed by atoms with van der Waals surface area (Å²) in [5.41, 5.74) is 10.7. The first kappa shape index (κ1) is 29.8. The molecule has 0 unspecified atom stereocenters. The summed E-state index contributed by atoms with van der Waals surface area (Å²) in [7, 11) is 0. The Kier molecular flexibility index (Phi) is 10.0. The molecule has 0 aromatic heterocycles. The molecule has 0 saturated heterocycles. The number of nitrogens with zero attached hydrogens (tertiary/aromatic N) is 3. The maximum Gasteiger partial charge on any atom is 0.0627 e. The van der Waals surface area contributed by atoms with Crippen LogP contribution >= 0.6 is 0 Å². The van der Waals surface area contributed by atoms with E-state index in [-0.39, 0.29) is 0 Å². The third kappa shape index (κ3) is 7.39. The fourth-order valence-corrected chi connectivity index (χ4v) is 5.64. The molecule has 0 amide bonds. The van der Waals surface area contributed by atoms with Crippen LogP contribution < -0.4 is 20.0 Å². The van der Waals surface area contributed by atoms with Gasteiger partial charge in [-0.05, 0) is 98.9 Å². The molecule has 220 valence electrons. The number of hydrogen-bond acceptors (Lipinski definition) is 4. The van der Waals surface area contributed by atoms with E-state index >= 15 is 0 Å². The van der Waals surface area contributed by atoms with Gasteiger partial charge in [0.05, 0.1) is 11.4 Å². The number of allylic oxidation sites excluding steroid dienone is 1. The summed E-state index contributed by atoms with van der Waals surface area (Å²) in [5, 5.41) is 3.83. The van der Waals surface area contributed by atoms with Gasteiger partial charge in [0.2, 0.25) is 0 Å². The average molecular weight is 569 g/mol. The Balaban J connectivity index is 1.54. The first-order valence-corrected chi connectivity index (χ1v) is 15.6. The van der Waals surface area contributed by atoms with Gasteiger partial charge in [0.15, 0.2) is 0 Å². The van der Waals surface area contributed by atoms with Crippen molar-refractivity contribution in [3.8, 4) is 0 Å². The van der Waals surface area contributed by atoms with Crippen LogP contribution in [0.2, 0.25) is 0 Å². The van der Waals surface area contributed by atoms with Gasteiger partial charge in [-0.1, -0.05) is 72.8 Å². The summed E-state index contributed by atoms with van der Waals surface area (Å²) in [6.45, 7) is 12.8. The van der Waals surface area contributed by atoms with Gasteiger partial charge in [-0.3, -0.25) is 0 Å². The lowest BCUT2D eigenvalue weighted by atomic mass is 9.98. The van der Waals surface area contributed by atoms with Gasteiger partial charge < -0.3 is 20.0 Å². The largest absolute Gasteiger partial charge is 0.372 e. The lowest BCUT2D eigenvalue weighted by Gasteiger charge is -2.29. The van der Waals surface area contributed by atoms with E-state index in [2.05, 4.69) is 175 Å². The van der Waals surface area contributed by atoms with Gasteiger partial charge in [-0.2, -0.15) is 0 Å². The van der Waals surface area contributed by atoms with Crippen LogP contribution in [-0.2, 0) is 6.42 Å². The zero-order valence-corrected chi connectivity index (χ0v) is 26.0. The molecular weight excluding hydrogens is 524 g/mol. The summed E-state index contributed by atoms with van der Waals surface area (Å²) in [6, 6.07) is 39.2. The SMILES string of the molecule is CCN(CC)c1ccc(/C=C(\Cc2ccccc2)C2=CN(c3ccccc3)C=C(c3ccc(N(CC)CC)cc3)N2)cc1. The summed E-state index contributed by atoms with van der Waals surface area (Å²) in [5.74, 6) is 0. The summed E-state index contributed by atoms with van der Waals surface area (Å²) in [4.78, 5) is 6.99. The van der Waals surface area contributed by atoms with E-state index < -0.39 is 0 Å². The normalized spacial score (nSPS) is 13.2. The van der Waals surface area contributed by atoms with Gasteiger partial charge >= 0.3 is 0 Å². The maximum atomic E-state index is 3.83. The molecule has 1 aliphatic heterocycles. The Bertz CT molecular complexity index is 1530. The predicted octanol–water partition coefficient (Wildman–Crippen LogP) is 8.95. The zero-order valence-electron chi connectivity index (χ0n) is 26.0. The quantitative estimate of drug-likeness (QED) is 0.184. The van der Waals surface area contributed by atoms with Crippen molar-refractivity contribution in [3.05, 3.63) is 150 Å². The predicted molar refractivity (Wildman–Crippen MR) is 186 cm³/mol. The van der Waals surface area contributed by atoms with Crippen molar-refractivity contribution in [3.63, 3.8) is 0 Å². The molecule has 0 bridgehead atoms. The van der Waals surface area contributed by atoms with E-state index in [1.165, 1.54) is 28.1 Å². The Morgan fingerprint density at radius 2 is 1.16 bits per heavy atom. The molecule has 4 aromatic rings. The van der Waals surface area contributed by atoms with Gasteiger partial charge in [0, 0.05) is 55.6 Å². The van der Waals surface area contributed by atoms with Gasteiger partial charge in [0.1, 0.15) is 0 Å². The summed E-state index contributed by atoms with van der Waals surface area (Å²) >= 11 is 0. The van der Waals surface area contributed by atoms with E-state index in [1.807, 2.05) is 0 Å². The highest BCUT2D eigenvalue weighted by atomic mass is 15.2. The minimum atomic E-state index is 0.814. The number of hydrogen-bond donors (Lipinski definition) is 1. The summed E-state index contributed by atoms with van der Waals surface area (Å²) < 4.78 is 0. The second-order valence-electron chi connectivity index (χ2n) is 10.8. The number of para-hydroxylation sites is 1. The molecule has 0 spiro atoms. The van der Waals surface area contributed by atoms with Crippen molar-refractivity contribution >= 4 is 28.8 Å². The average Bonchev–Trinajstić information content (AvgIpc) is 3.07. The molecule has 0 saturated carbocycles. The lowest BCUT2D eigenvalue weighted by Crippen LogP contribution is -2.26. The Labute approximate surface area is 258 Å². The van der Waals surface area contributed by atoms with E-state index in [0.29, 0.717) is 0 Å². The van der Waals surface area contributed by atoms with Crippen LogP contribution in [0.15, 0.2) is 133 Å². The molecule has 4 heteroatoms. The van der Waals surface area contributed by atoms with Crippen LogP contribution in [0.3, 0.4) is 0 Å². The van der Waals surface area contributed by atoms with Crippen molar-refractivity contribution in [1.82, 2.24) is 5.32 Å². The van der Waals surface area contributed by atoms with Crippen molar-refractivity contribution in [2.45, 2.75) is 34.1 Å². The minimum absolute atomic E-state index is 0.814. The fraction of sp³-hybridized carbons (Fsp3) is 0.231. The van der Waals surface area contributed by atoms with Crippen molar-refractivity contribution < 1.29 is 0 Å².